The molecule has 5 nitrogen and oxygen atoms in total. The van der Waals surface area contributed by atoms with Crippen LogP contribution in [0.2, 0.25) is 0 Å². The second-order valence-corrected chi connectivity index (χ2v) is 5.30. The molecule has 5 heteroatoms. The number of carbonyl (C=O) groups is 1. The van der Waals surface area contributed by atoms with Gasteiger partial charge in [-0.2, -0.15) is 0 Å². The Hall–Kier alpha value is -1.62. The highest BCUT2D eigenvalue weighted by Gasteiger charge is 2.24. The Labute approximate surface area is 113 Å². The van der Waals surface area contributed by atoms with Gasteiger partial charge < -0.3 is 15.5 Å². The van der Waals surface area contributed by atoms with Crippen molar-refractivity contribution in [3.63, 3.8) is 0 Å². The van der Waals surface area contributed by atoms with E-state index in [0.717, 1.165) is 37.7 Å². The summed E-state index contributed by atoms with van der Waals surface area (Å²) in [4.78, 5) is 18.6. The number of anilines is 2. The maximum Gasteiger partial charge on any atom is 0.230 e. The monoisotopic (exact) mass is 260 g/mol. The molecule has 0 saturated carbocycles. The molecule has 19 heavy (non-hydrogen) atoms. The zero-order valence-electron chi connectivity index (χ0n) is 11.1. The fraction of sp³-hybridized carbons (Fsp3) is 0.571. The summed E-state index contributed by atoms with van der Waals surface area (Å²) in [6.07, 6.45) is 5.57. The van der Waals surface area contributed by atoms with E-state index >= 15 is 0 Å². The lowest BCUT2D eigenvalue weighted by atomic mass is 10.0. The van der Waals surface area contributed by atoms with Crippen LogP contribution in [0.15, 0.2) is 18.3 Å². The highest BCUT2D eigenvalue weighted by atomic mass is 16.2. The molecule has 3 rings (SSSR count). The third-order valence-corrected chi connectivity index (χ3v) is 3.85. The van der Waals surface area contributed by atoms with Gasteiger partial charge in [0.05, 0.1) is 17.8 Å². The Morgan fingerprint density at radius 3 is 2.63 bits per heavy atom. The average molecular weight is 260 g/mol. The molecule has 3 heterocycles. The highest BCUT2D eigenvalue weighted by molar-refractivity contribution is 5.93. The van der Waals surface area contributed by atoms with Crippen molar-refractivity contribution in [3.05, 3.63) is 18.3 Å². The van der Waals surface area contributed by atoms with Crippen LogP contribution in [0, 0.1) is 5.92 Å². The molecule has 102 valence electrons. The van der Waals surface area contributed by atoms with Gasteiger partial charge in [-0.25, -0.2) is 4.98 Å². The lowest BCUT2D eigenvalue weighted by Gasteiger charge is -2.28. The van der Waals surface area contributed by atoms with Gasteiger partial charge >= 0.3 is 0 Å². The van der Waals surface area contributed by atoms with E-state index in [2.05, 4.69) is 20.5 Å². The van der Waals surface area contributed by atoms with E-state index in [1.165, 1.54) is 19.3 Å². The van der Waals surface area contributed by atoms with Crippen LogP contribution in [0.3, 0.4) is 0 Å². The van der Waals surface area contributed by atoms with Crippen LogP contribution < -0.4 is 15.5 Å². The summed E-state index contributed by atoms with van der Waals surface area (Å²) in [5, 5.41) is 6.01. The van der Waals surface area contributed by atoms with Gasteiger partial charge in [0.15, 0.2) is 0 Å². The van der Waals surface area contributed by atoms with Gasteiger partial charge in [0.1, 0.15) is 5.82 Å². The predicted molar refractivity (Wildman–Crippen MR) is 75.3 cm³/mol. The molecule has 0 aliphatic carbocycles. The van der Waals surface area contributed by atoms with Crippen LogP contribution in [0.25, 0.3) is 0 Å². The molecule has 0 spiro atoms. The van der Waals surface area contributed by atoms with Gasteiger partial charge in [-0.1, -0.05) is 0 Å². The summed E-state index contributed by atoms with van der Waals surface area (Å²) in [6, 6.07) is 3.95. The minimum atomic E-state index is 0.0891. The van der Waals surface area contributed by atoms with Crippen molar-refractivity contribution in [1.82, 2.24) is 10.3 Å². The van der Waals surface area contributed by atoms with Gasteiger partial charge in [-0.3, -0.25) is 4.79 Å². The number of hydrogen-bond acceptors (Lipinski definition) is 4. The first kappa shape index (κ1) is 12.4. The number of pyridine rings is 1. The minimum Gasteiger partial charge on any atom is -0.357 e. The molecule has 2 N–H and O–H groups in total. The smallest absolute Gasteiger partial charge is 0.230 e. The number of nitrogens with one attached hydrogen (secondary N) is 2. The maximum atomic E-state index is 11.8. The van der Waals surface area contributed by atoms with E-state index in [1.54, 1.807) is 6.20 Å². The SMILES string of the molecule is O=C(Nc1ccc(N2CCCCC2)nc1)C1CNC1. The van der Waals surface area contributed by atoms with Crippen LogP contribution in [0.5, 0.6) is 0 Å². The van der Waals surface area contributed by atoms with Crippen molar-refractivity contribution in [1.29, 1.82) is 0 Å². The van der Waals surface area contributed by atoms with Crippen molar-refractivity contribution < 1.29 is 4.79 Å². The van der Waals surface area contributed by atoms with E-state index in [-0.39, 0.29) is 11.8 Å². The summed E-state index contributed by atoms with van der Waals surface area (Å²) < 4.78 is 0. The topological polar surface area (TPSA) is 57.3 Å². The predicted octanol–water partition coefficient (Wildman–Crippen LogP) is 1.23. The van der Waals surface area contributed by atoms with Crippen molar-refractivity contribution in [3.8, 4) is 0 Å². The first-order valence-electron chi connectivity index (χ1n) is 7.05. The molecule has 2 aliphatic rings. The number of carbonyl (C=O) groups excluding carboxylic acids is 1. The second kappa shape index (κ2) is 5.57. The Balaban J connectivity index is 1.59. The Morgan fingerprint density at radius 2 is 2.05 bits per heavy atom. The highest BCUT2D eigenvalue weighted by Crippen LogP contribution is 2.19. The average Bonchev–Trinajstić information content (AvgIpc) is 2.38. The van der Waals surface area contributed by atoms with Gasteiger partial charge in [-0.15, -0.1) is 0 Å². The molecule has 1 aromatic heterocycles. The minimum absolute atomic E-state index is 0.0891. The summed E-state index contributed by atoms with van der Waals surface area (Å²) in [6.45, 7) is 3.75. The lowest BCUT2D eigenvalue weighted by molar-refractivity contribution is -0.121. The number of rotatable bonds is 3. The Kier molecular flexibility index (Phi) is 3.64. The van der Waals surface area contributed by atoms with Gasteiger partial charge in [-0.05, 0) is 31.4 Å². The molecule has 1 aromatic rings. The normalized spacial score (nSPS) is 19.9. The van der Waals surface area contributed by atoms with E-state index in [4.69, 9.17) is 0 Å². The first-order chi connectivity index (χ1) is 9.33. The van der Waals surface area contributed by atoms with Gasteiger partial charge in [0.2, 0.25) is 5.91 Å². The summed E-state index contributed by atoms with van der Waals surface area (Å²) in [5.74, 6) is 1.22. The molecule has 0 radical (unpaired) electrons. The second-order valence-electron chi connectivity index (χ2n) is 5.30. The molecular formula is C14H20N4O. The van der Waals surface area contributed by atoms with Crippen LogP contribution in [0.4, 0.5) is 11.5 Å². The summed E-state index contributed by atoms with van der Waals surface area (Å²) in [7, 11) is 0. The number of hydrogen-bond donors (Lipinski definition) is 2. The van der Waals surface area contributed by atoms with Gasteiger partial charge in [0.25, 0.3) is 0 Å². The third kappa shape index (κ3) is 2.87. The number of aromatic nitrogens is 1. The summed E-state index contributed by atoms with van der Waals surface area (Å²) in [5.41, 5.74) is 0.789. The van der Waals surface area contributed by atoms with Crippen LogP contribution in [-0.4, -0.2) is 37.1 Å². The van der Waals surface area contributed by atoms with Crippen LogP contribution in [0.1, 0.15) is 19.3 Å². The standard InChI is InChI=1S/C14H20N4O/c19-14(11-8-15-9-11)17-12-4-5-13(16-10-12)18-6-2-1-3-7-18/h4-5,10-11,15H,1-3,6-9H2,(H,17,19). The maximum absolute atomic E-state index is 11.8. The molecule has 0 aromatic carbocycles. The molecule has 2 fully saturated rings. The number of nitrogens with zero attached hydrogens (tertiary/aromatic N) is 2. The molecular weight excluding hydrogens is 240 g/mol. The molecule has 1 amide bonds. The van der Waals surface area contributed by atoms with E-state index in [1.807, 2.05) is 12.1 Å². The van der Waals surface area contributed by atoms with E-state index in [9.17, 15) is 4.79 Å². The van der Waals surface area contributed by atoms with Crippen molar-refractivity contribution in [2.24, 2.45) is 5.92 Å². The number of amides is 1. The lowest BCUT2D eigenvalue weighted by Crippen LogP contribution is -2.48. The van der Waals surface area contributed by atoms with Crippen LogP contribution >= 0.6 is 0 Å². The van der Waals surface area contributed by atoms with E-state index < -0.39 is 0 Å². The van der Waals surface area contributed by atoms with Crippen molar-refractivity contribution in [2.45, 2.75) is 19.3 Å². The largest absolute Gasteiger partial charge is 0.357 e. The molecule has 0 bridgehead atoms. The Bertz CT molecular complexity index is 435. The van der Waals surface area contributed by atoms with Gasteiger partial charge in [0, 0.05) is 26.2 Å². The third-order valence-electron chi connectivity index (χ3n) is 3.85. The van der Waals surface area contributed by atoms with E-state index in [0.29, 0.717) is 0 Å². The zero-order chi connectivity index (χ0) is 13.1. The first-order valence-corrected chi connectivity index (χ1v) is 7.05. The number of piperidine rings is 1. The Morgan fingerprint density at radius 1 is 1.26 bits per heavy atom. The zero-order valence-corrected chi connectivity index (χ0v) is 11.1. The van der Waals surface area contributed by atoms with Crippen molar-refractivity contribution in [2.75, 3.05) is 36.4 Å². The molecule has 0 unspecified atom stereocenters. The summed E-state index contributed by atoms with van der Waals surface area (Å²) >= 11 is 0. The molecule has 2 saturated heterocycles. The molecule has 2 aliphatic heterocycles. The quantitative estimate of drug-likeness (QED) is 0.858. The fourth-order valence-corrected chi connectivity index (χ4v) is 2.49. The van der Waals surface area contributed by atoms with Crippen molar-refractivity contribution >= 4 is 17.4 Å². The molecule has 0 atom stereocenters. The fourth-order valence-electron chi connectivity index (χ4n) is 2.49. The van der Waals surface area contributed by atoms with Crippen LogP contribution in [-0.2, 0) is 4.79 Å².